The van der Waals surface area contributed by atoms with Crippen LogP contribution in [0.3, 0.4) is 0 Å². The first-order valence-electron chi connectivity index (χ1n) is 5.73. The van der Waals surface area contributed by atoms with Crippen LogP contribution in [0.15, 0.2) is 23.7 Å². The minimum Gasteiger partial charge on any atom is -0.498 e. The Labute approximate surface area is 109 Å². The second-order valence-electron chi connectivity index (χ2n) is 4.53. The summed E-state index contributed by atoms with van der Waals surface area (Å²) in [4.78, 5) is 35.9. The van der Waals surface area contributed by atoms with Crippen LogP contribution >= 0.6 is 0 Å². The molecule has 0 aromatic rings. The van der Waals surface area contributed by atoms with E-state index in [4.69, 9.17) is 4.74 Å². The first-order chi connectivity index (χ1) is 8.97. The molecule has 0 saturated carbocycles. The summed E-state index contributed by atoms with van der Waals surface area (Å²) in [6.45, 7) is 0. The van der Waals surface area contributed by atoms with E-state index in [1.165, 1.54) is 7.11 Å². The lowest BCUT2D eigenvalue weighted by Gasteiger charge is -2.39. The molecule has 0 heterocycles. The van der Waals surface area contributed by atoms with Gasteiger partial charge in [-0.15, -0.1) is 0 Å². The zero-order valence-corrected chi connectivity index (χ0v) is 10.6. The van der Waals surface area contributed by atoms with Crippen LogP contribution in [0.1, 0.15) is 12.8 Å². The minimum atomic E-state index is -1.79. The minimum absolute atomic E-state index is 0.000906. The maximum Gasteiger partial charge on any atom is 0.320 e. The van der Waals surface area contributed by atoms with E-state index >= 15 is 0 Å². The van der Waals surface area contributed by atoms with Crippen LogP contribution in [-0.4, -0.2) is 31.8 Å². The predicted molar refractivity (Wildman–Crippen MR) is 61.5 cm³/mol. The molecule has 19 heavy (non-hydrogen) atoms. The maximum atomic E-state index is 13.9. The fourth-order valence-electron chi connectivity index (χ4n) is 2.65. The van der Waals surface area contributed by atoms with Crippen molar-refractivity contribution in [3.05, 3.63) is 23.7 Å². The first-order valence-corrected chi connectivity index (χ1v) is 5.73. The number of esters is 1. The van der Waals surface area contributed by atoms with E-state index in [1.54, 1.807) is 0 Å². The summed E-state index contributed by atoms with van der Waals surface area (Å²) in [6, 6.07) is 0. The number of carbonyl (C=O) groups is 3. The largest absolute Gasteiger partial charge is 0.498 e. The highest BCUT2D eigenvalue weighted by molar-refractivity contribution is 6.18. The smallest absolute Gasteiger partial charge is 0.320 e. The van der Waals surface area contributed by atoms with Crippen LogP contribution in [0.25, 0.3) is 0 Å². The molecule has 2 aliphatic rings. The van der Waals surface area contributed by atoms with Crippen molar-refractivity contribution in [2.24, 2.45) is 11.3 Å². The number of carbonyl (C=O) groups excluding carboxylic acids is 3. The molecule has 0 bridgehead atoms. The lowest BCUT2D eigenvalue weighted by molar-refractivity contribution is -0.165. The molecule has 2 atom stereocenters. The number of hydrogen-bond acceptors (Lipinski definition) is 5. The zero-order valence-electron chi connectivity index (χ0n) is 10.6. The number of allylic oxidation sites excluding steroid dienone is 4. The van der Waals surface area contributed by atoms with Gasteiger partial charge in [-0.1, -0.05) is 0 Å². The first kappa shape index (κ1) is 13.5. The van der Waals surface area contributed by atoms with E-state index in [2.05, 4.69) is 4.74 Å². The molecule has 6 heteroatoms. The van der Waals surface area contributed by atoms with Crippen LogP contribution in [-0.2, 0) is 23.9 Å². The number of ether oxygens (including phenoxy) is 2. The summed E-state index contributed by atoms with van der Waals surface area (Å²) in [5.41, 5.74) is -1.79. The molecule has 0 aliphatic heterocycles. The molecule has 102 valence electrons. The third-order valence-corrected chi connectivity index (χ3v) is 3.70. The molecular weight excluding hydrogens is 255 g/mol. The molecule has 5 nitrogen and oxygen atoms in total. The highest BCUT2D eigenvalue weighted by Gasteiger charge is 2.59. The van der Waals surface area contributed by atoms with Crippen LogP contribution in [0.2, 0.25) is 0 Å². The van der Waals surface area contributed by atoms with Gasteiger partial charge in [0.25, 0.3) is 0 Å². The highest BCUT2D eigenvalue weighted by atomic mass is 19.1. The Kier molecular flexibility index (Phi) is 3.26. The summed E-state index contributed by atoms with van der Waals surface area (Å²) >= 11 is 0. The summed E-state index contributed by atoms with van der Waals surface area (Å²) in [6.07, 6.45) is 1.51. The summed E-state index contributed by atoms with van der Waals surface area (Å²) < 4.78 is 23.4. The number of fused-ring (bicyclic) bond motifs is 1. The van der Waals surface area contributed by atoms with E-state index in [-0.39, 0.29) is 12.2 Å². The van der Waals surface area contributed by atoms with Gasteiger partial charge in [-0.25, -0.2) is 4.39 Å². The SMILES string of the molecule is COC(=O)C12CC(F)=C(OC)CC1C(=O)C=CC2=O. The van der Waals surface area contributed by atoms with Crippen LogP contribution < -0.4 is 0 Å². The van der Waals surface area contributed by atoms with Gasteiger partial charge in [-0.3, -0.25) is 14.4 Å². The van der Waals surface area contributed by atoms with Crippen LogP contribution in [0.4, 0.5) is 4.39 Å². The molecule has 2 rings (SSSR count). The van der Waals surface area contributed by atoms with Gasteiger partial charge in [0, 0.05) is 12.8 Å². The topological polar surface area (TPSA) is 69.7 Å². The second kappa shape index (κ2) is 4.60. The Morgan fingerprint density at radius 2 is 2.05 bits per heavy atom. The Hall–Kier alpha value is -1.98. The molecule has 0 saturated heterocycles. The predicted octanol–water partition coefficient (Wildman–Crippen LogP) is 1.09. The van der Waals surface area contributed by atoms with E-state index in [9.17, 15) is 18.8 Å². The third kappa shape index (κ3) is 1.78. The Morgan fingerprint density at radius 1 is 1.37 bits per heavy atom. The van der Waals surface area contributed by atoms with E-state index < -0.39 is 41.1 Å². The molecule has 0 fully saturated rings. The molecule has 0 N–H and O–H groups in total. The summed E-state index contributed by atoms with van der Waals surface area (Å²) in [5.74, 6) is -3.54. The van der Waals surface area contributed by atoms with Gasteiger partial charge < -0.3 is 9.47 Å². The van der Waals surface area contributed by atoms with E-state index in [1.807, 2.05) is 0 Å². The van der Waals surface area contributed by atoms with Crippen molar-refractivity contribution >= 4 is 17.5 Å². The van der Waals surface area contributed by atoms with Crippen molar-refractivity contribution in [1.82, 2.24) is 0 Å². The van der Waals surface area contributed by atoms with Gasteiger partial charge >= 0.3 is 5.97 Å². The number of halogens is 1. The Morgan fingerprint density at radius 3 is 2.63 bits per heavy atom. The van der Waals surface area contributed by atoms with Gasteiger partial charge in [0.2, 0.25) is 0 Å². The molecule has 0 radical (unpaired) electrons. The monoisotopic (exact) mass is 268 g/mol. The van der Waals surface area contributed by atoms with Gasteiger partial charge in [0.05, 0.1) is 20.1 Å². The van der Waals surface area contributed by atoms with Gasteiger partial charge in [0.1, 0.15) is 17.0 Å². The van der Waals surface area contributed by atoms with Gasteiger partial charge in [-0.05, 0) is 12.2 Å². The van der Waals surface area contributed by atoms with Crippen molar-refractivity contribution in [2.75, 3.05) is 14.2 Å². The van der Waals surface area contributed by atoms with Crippen molar-refractivity contribution in [3.63, 3.8) is 0 Å². The summed E-state index contributed by atoms with van der Waals surface area (Å²) in [7, 11) is 2.39. The van der Waals surface area contributed by atoms with Crippen molar-refractivity contribution in [1.29, 1.82) is 0 Å². The fraction of sp³-hybridized carbons (Fsp3) is 0.462. The molecule has 0 aromatic carbocycles. The number of ketones is 2. The standard InChI is InChI=1S/C13H13FO5/c1-18-10-5-7-9(15)3-4-11(16)13(7,6-8(10)14)12(17)19-2/h3-4,7H,5-6H2,1-2H3. The number of rotatable bonds is 2. The summed E-state index contributed by atoms with van der Waals surface area (Å²) in [5, 5.41) is 0. The molecule has 2 unspecified atom stereocenters. The van der Waals surface area contributed by atoms with Crippen molar-refractivity contribution < 1.29 is 28.2 Å². The molecule has 0 aromatic heterocycles. The Balaban J connectivity index is 2.58. The number of hydrogen-bond donors (Lipinski definition) is 0. The molecular formula is C13H13FO5. The zero-order chi connectivity index (χ0) is 14.2. The quantitative estimate of drug-likeness (QED) is 0.554. The van der Waals surface area contributed by atoms with Crippen LogP contribution in [0.5, 0.6) is 0 Å². The molecule has 0 amide bonds. The second-order valence-corrected chi connectivity index (χ2v) is 4.53. The fourth-order valence-corrected chi connectivity index (χ4v) is 2.65. The maximum absolute atomic E-state index is 13.9. The van der Waals surface area contributed by atoms with E-state index in [0.29, 0.717) is 0 Å². The van der Waals surface area contributed by atoms with Gasteiger partial charge in [-0.2, -0.15) is 0 Å². The lowest BCUT2D eigenvalue weighted by atomic mass is 9.61. The normalized spacial score (nSPS) is 30.2. The molecule has 2 aliphatic carbocycles. The van der Waals surface area contributed by atoms with Gasteiger partial charge in [0.15, 0.2) is 11.6 Å². The van der Waals surface area contributed by atoms with Crippen molar-refractivity contribution in [3.8, 4) is 0 Å². The highest BCUT2D eigenvalue weighted by Crippen LogP contribution is 2.48. The average Bonchev–Trinajstić information content (AvgIpc) is 2.41. The number of methoxy groups -OCH3 is 2. The van der Waals surface area contributed by atoms with E-state index in [0.717, 1.165) is 19.3 Å². The lowest BCUT2D eigenvalue weighted by Crippen LogP contribution is -2.52. The third-order valence-electron chi connectivity index (χ3n) is 3.70. The molecule has 0 spiro atoms. The Bertz CT molecular complexity index is 519. The van der Waals surface area contributed by atoms with Crippen molar-refractivity contribution in [2.45, 2.75) is 12.8 Å². The van der Waals surface area contributed by atoms with Crippen LogP contribution in [0, 0.1) is 11.3 Å². The average molecular weight is 268 g/mol.